The molecule has 6 nitrogen and oxygen atoms in total. The van der Waals surface area contributed by atoms with Crippen LogP contribution in [0, 0.1) is 0 Å². The lowest BCUT2D eigenvalue weighted by molar-refractivity contribution is -0.119. The van der Waals surface area contributed by atoms with Crippen LogP contribution in [0.3, 0.4) is 0 Å². The Hall–Kier alpha value is -3.00. The van der Waals surface area contributed by atoms with Gasteiger partial charge in [-0.15, -0.1) is 0 Å². The summed E-state index contributed by atoms with van der Waals surface area (Å²) in [6, 6.07) is 14.9. The van der Waals surface area contributed by atoms with Crippen molar-refractivity contribution in [1.29, 1.82) is 0 Å². The average molecular weight is 389 g/mol. The Kier molecular flexibility index (Phi) is 6.54. The van der Waals surface area contributed by atoms with Crippen LogP contribution in [0.1, 0.15) is 30.0 Å². The third kappa shape index (κ3) is 6.02. The largest absolute Gasteiger partial charge is 0.435 e. The zero-order chi connectivity index (χ0) is 19.9. The molecule has 1 atom stereocenters. The summed E-state index contributed by atoms with van der Waals surface area (Å²) >= 11 is 0. The number of halogens is 2. The average Bonchev–Trinajstić information content (AvgIpc) is 3.47. The number of carbonyl (C=O) groups is 2. The van der Waals surface area contributed by atoms with E-state index in [-0.39, 0.29) is 24.4 Å². The van der Waals surface area contributed by atoms with E-state index < -0.39 is 18.5 Å². The van der Waals surface area contributed by atoms with Crippen molar-refractivity contribution in [2.24, 2.45) is 0 Å². The lowest BCUT2D eigenvalue weighted by Crippen LogP contribution is -2.44. The minimum atomic E-state index is -2.89. The van der Waals surface area contributed by atoms with Gasteiger partial charge in [-0.3, -0.25) is 15.4 Å². The first-order chi connectivity index (χ1) is 13.5. The number of imide groups is 1. The Morgan fingerprint density at radius 1 is 1.00 bits per heavy atom. The number of hydrogen-bond donors (Lipinski definition) is 3. The molecule has 0 radical (unpaired) electrons. The Labute approximate surface area is 161 Å². The van der Waals surface area contributed by atoms with Gasteiger partial charge < -0.3 is 10.1 Å². The maximum atomic E-state index is 12.3. The number of rotatable bonds is 8. The quantitative estimate of drug-likeness (QED) is 0.649. The zero-order valence-corrected chi connectivity index (χ0v) is 15.0. The molecule has 0 unspecified atom stereocenters. The van der Waals surface area contributed by atoms with Crippen molar-refractivity contribution >= 4 is 11.9 Å². The highest BCUT2D eigenvalue weighted by atomic mass is 19.3. The molecule has 2 aromatic rings. The molecule has 0 saturated heterocycles. The third-order valence-corrected chi connectivity index (χ3v) is 4.20. The standard InChI is InChI=1S/C20H21F2N3O3/c21-19(22)28-16-10-6-14(7-11-16)18(13-4-2-1-3-5-13)23-12-17(26)25-20(27)24-15-8-9-15/h1-7,10-11,15,18-19,23H,8-9,12H2,(H2,24,25,26,27)/t18-/m1/s1. The molecule has 1 aliphatic rings. The fourth-order valence-electron chi connectivity index (χ4n) is 2.73. The third-order valence-electron chi connectivity index (χ3n) is 4.20. The van der Waals surface area contributed by atoms with Crippen molar-refractivity contribution in [3.8, 4) is 5.75 Å². The molecule has 1 saturated carbocycles. The van der Waals surface area contributed by atoms with Gasteiger partial charge in [0.1, 0.15) is 5.75 Å². The van der Waals surface area contributed by atoms with Crippen molar-refractivity contribution in [1.82, 2.24) is 16.0 Å². The lowest BCUT2D eigenvalue weighted by atomic mass is 9.98. The summed E-state index contributed by atoms with van der Waals surface area (Å²) in [6.07, 6.45) is 1.86. The van der Waals surface area contributed by atoms with Crippen molar-refractivity contribution in [2.75, 3.05) is 6.54 Å². The van der Waals surface area contributed by atoms with Gasteiger partial charge in [-0.2, -0.15) is 8.78 Å². The van der Waals surface area contributed by atoms with Gasteiger partial charge in [0.05, 0.1) is 12.6 Å². The van der Waals surface area contributed by atoms with Gasteiger partial charge in [-0.25, -0.2) is 4.79 Å². The second-order valence-electron chi connectivity index (χ2n) is 6.47. The van der Waals surface area contributed by atoms with Crippen molar-refractivity contribution in [3.05, 3.63) is 65.7 Å². The number of carbonyl (C=O) groups excluding carboxylic acids is 2. The Morgan fingerprint density at radius 2 is 1.64 bits per heavy atom. The molecule has 0 aromatic heterocycles. The van der Waals surface area contributed by atoms with E-state index in [9.17, 15) is 18.4 Å². The van der Waals surface area contributed by atoms with Crippen LogP contribution < -0.4 is 20.7 Å². The van der Waals surface area contributed by atoms with Crippen LogP contribution in [0.2, 0.25) is 0 Å². The molecule has 148 valence electrons. The predicted octanol–water partition coefficient (Wildman–Crippen LogP) is 2.96. The first kappa shape index (κ1) is 19.8. The maximum Gasteiger partial charge on any atom is 0.387 e. The molecule has 0 heterocycles. The fraction of sp³-hybridized carbons (Fsp3) is 0.300. The van der Waals surface area contributed by atoms with Gasteiger partial charge in [0.15, 0.2) is 0 Å². The van der Waals surface area contributed by atoms with E-state index in [1.165, 1.54) is 12.1 Å². The Balaban J connectivity index is 1.65. The van der Waals surface area contributed by atoms with Gasteiger partial charge in [0.25, 0.3) is 0 Å². The van der Waals surface area contributed by atoms with E-state index in [2.05, 4.69) is 20.7 Å². The summed E-state index contributed by atoms with van der Waals surface area (Å²) in [6.45, 7) is -2.98. The number of benzene rings is 2. The summed E-state index contributed by atoms with van der Waals surface area (Å²) in [7, 11) is 0. The molecule has 3 N–H and O–H groups in total. The molecule has 2 aromatic carbocycles. The van der Waals surface area contributed by atoms with Gasteiger partial charge in [-0.05, 0) is 36.1 Å². The lowest BCUT2D eigenvalue weighted by Gasteiger charge is -2.20. The summed E-state index contributed by atoms with van der Waals surface area (Å²) in [4.78, 5) is 23.7. The van der Waals surface area contributed by atoms with E-state index in [1.54, 1.807) is 12.1 Å². The molecule has 3 rings (SSSR count). The number of hydrogen-bond acceptors (Lipinski definition) is 4. The molecular formula is C20H21F2N3O3. The molecular weight excluding hydrogens is 368 g/mol. The van der Waals surface area contributed by atoms with E-state index >= 15 is 0 Å². The number of urea groups is 1. The monoisotopic (exact) mass is 389 g/mol. The molecule has 3 amide bonds. The van der Waals surface area contributed by atoms with Crippen LogP contribution in [0.25, 0.3) is 0 Å². The van der Waals surface area contributed by atoms with Crippen LogP contribution >= 0.6 is 0 Å². The normalized spacial score (nSPS) is 14.4. The van der Waals surface area contributed by atoms with Crippen molar-refractivity contribution in [3.63, 3.8) is 0 Å². The number of nitrogens with one attached hydrogen (secondary N) is 3. The fourth-order valence-corrected chi connectivity index (χ4v) is 2.73. The van der Waals surface area contributed by atoms with Crippen LogP contribution in [-0.2, 0) is 4.79 Å². The van der Waals surface area contributed by atoms with Crippen molar-refractivity contribution < 1.29 is 23.1 Å². The molecule has 0 spiro atoms. The highest BCUT2D eigenvalue weighted by molar-refractivity contribution is 5.95. The Morgan fingerprint density at radius 3 is 2.25 bits per heavy atom. The highest BCUT2D eigenvalue weighted by Crippen LogP contribution is 2.24. The SMILES string of the molecule is O=C(CN[C@H](c1ccccc1)c1ccc(OC(F)F)cc1)NC(=O)NC1CC1. The van der Waals surface area contributed by atoms with E-state index in [4.69, 9.17) is 0 Å². The van der Waals surface area contributed by atoms with E-state index in [1.807, 2.05) is 30.3 Å². The molecule has 28 heavy (non-hydrogen) atoms. The van der Waals surface area contributed by atoms with Gasteiger partial charge in [0, 0.05) is 6.04 Å². The molecule has 1 fully saturated rings. The maximum absolute atomic E-state index is 12.3. The molecule has 1 aliphatic carbocycles. The second kappa shape index (κ2) is 9.27. The van der Waals surface area contributed by atoms with Gasteiger partial charge in [0.2, 0.25) is 5.91 Å². The van der Waals surface area contributed by atoms with Gasteiger partial charge >= 0.3 is 12.6 Å². The highest BCUT2D eigenvalue weighted by Gasteiger charge is 2.24. The second-order valence-corrected chi connectivity index (χ2v) is 6.47. The molecule has 8 heteroatoms. The smallest absolute Gasteiger partial charge is 0.387 e. The number of alkyl halides is 2. The number of ether oxygens (including phenoxy) is 1. The zero-order valence-electron chi connectivity index (χ0n) is 15.0. The van der Waals surface area contributed by atoms with E-state index in [0.29, 0.717) is 0 Å². The minimum Gasteiger partial charge on any atom is -0.435 e. The summed E-state index contributed by atoms with van der Waals surface area (Å²) in [5.41, 5.74) is 1.66. The summed E-state index contributed by atoms with van der Waals surface area (Å²) < 4.78 is 29.0. The first-order valence-corrected chi connectivity index (χ1v) is 8.94. The van der Waals surface area contributed by atoms with Crippen LogP contribution in [0.5, 0.6) is 5.75 Å². The first-order valence-electron chi connectivity index (χ1n) is 8.94. The summed E-state index contributed by atoms with van der Waals surface area (Å²) in [5.74, 6) is -0.406. The Bertz CT molecular complexity index is 796. The minimum absolute atomic E-state index is 0.0556. The number of amides is 3. The van der Waals surface area contributed by atoms with Crippen molar-refractivity contribution in [2.45, 2.75) is 31.5 Å². The van der Waals surface area contributed by atoms with Crippen LogP contribution in [-0.4, -0.2) is 31.1 Å². The van der Waals surface area contributed by atoms with Crippen LogP contribution in [0.15, 0.2) is 54.6 Å². The summed E-state index contributed by atoms with van der Waals surface area (Å²) in [5, 5.41) is 8.07. The molecule has 0 bridgehead atoms. The van der Waals surface area contributed by atoms with E-state index in [0.717, 1.165) is 24.0 Å². The molecule has 0 aliphatic heterocycles. The predicted molar refractivity (Wildman–Crippen MR) is 99.1 cm³/mol. The van der Waals surface area contributed by atoms with Crippen LogP contribution in [0.4, 0.5) is 13.6 Å². The topological polar surface area (TPSA) is 79.5 Å². The van der Waals surface area contributed by atoms with Gasteiger partial charge in [-0.1, -0.05) is 42.5 Å².